The summed E-state index contributed by atoms with van der Waals surface area (Å²) in [5.41, 5.74) is 0.977. The number of ether oxygens (including phenoxy) is 1. The summed E-state index contributed by atoms with van der Waals surface area (Å²) >= 11 is 3.42. The maximum atomic E-state index is 5.55. The Balaban J connectivity index is 2.46. The maximum absolute atomic E-state index is 5.55. The van der Waals surface area contributed by atoms with Crippen LogP contribution in [-0.2, 0) is 0 Å². The van der Waals surface area contributed by atoms with E-state index in [9.17, 15) is 0 Å². The molecule has 0 aliphatic rings. The van der Waals surface area contributed by atoms with Gasteiger partial charge in [0.1, 0.15) is 11.6 Å². The highest BCUT2D eigenvalue weighted by Crippen LogP contribution is 2.30. The van der Waals surface area contributed by atoms with Crippen molar-refractivity contribution < 1.29 is 4.74 Å². The SMILES string of the molecule is CCOc1cc(Br)ccc1-c1ncc[nH]1. The molecular formula is C11H11BrN2O. The number of nitrogens with zero attached hydrogens (tertiary/aromatic N) is 1. The molecule has 3 nitrogen and oxygen atoms in total. The second-order valence-corrected chi connectivity index (χ2v) is 3.93. The average molecular weight is 267 g/mol. The van der Waals surface area contributed by atoms with Crippen molar-refractivity contribution in [3.05, 3.63) is 35.1 Å². The smallest absolute Gasteiger partial charge is 0.141 e. The van der Waals surface area contributed by atoms with Gasteiger partial charge in [0.25, 0.3) is 0 Å². The monoisotopic (exact) mass is 266 g/mol. The van der Waals surface area contributed by atoms with E-state index in [0.29, 0.717) is 6.61 Å². The summed E-state index contributed by atoms with van der Waals surface area (Å²) in [5, 5.41) is 0. The Hall–Kier alpha value is -1.29. The number of rotatable bonds is 3. The first-order valence-corrected chi connectivity index (χ1v) is 5.52. The number of nitrogens with one attached hydrogen (secondary N) is 1. The number of hydrogen-bond acceptors (Lipinski definition) is 2. The molecule has 0 radical (unpaired) electrons. The van der Waals surface area contributed by atoms with E-state index in [-0.39, 0.29) is 0 Å². The van der Waals surface area contributed by atoms with Crippen molar-refractivity contribution in [2.45, 2.75) is 6.92 Å². The molecule has 0 amide bonds. The largest absolute Gasteiger partial charge is 0.493 e. The highest BCUT2D eigenvalue weighted by Gasteiger charge is 2.08. The summed E-state index contributed by atoms with van der Waals surface area (Å²) in [4.78, 5) is 7.27. The Labute approximate surface area is 96.6 Å². The van der Waals surface area contributed by atoms with Gasteiger partial charge < -0.3 is 9.72 Å². The highest BCUT2D eigenvalue weighted by atomic mass is 79.9. The lowest BCUT2D eigenvalue weighted by atomic mass is 10.2. The van der Waals surface area contributed by atoms with Crippen LogP contribution in [0, 0.1) is 0 Å². The van der Waals surface area contributed by atoms with Gasteiger partial charge in [-0.15, -0.1) is 0 Å². The Kier molecular flexibility index (Phi) is 3.06. The minimum absolute atomic E-state index is 0.643. The summed E-state index contributed by atoms with van der Waals surface area (Å²) in [6, 6.07) is 5.90. The number of hydrogen-bond donors (Lipinski definition) is 1. The highest BCUT2D eigenvalue weighted by molar-refractivity contribution is 9.10. The standard InChI is InChI=1S/C11H11BrN2O/c1-2-15-10-7-8(12)3-4-9(10)11-13-5-6-14-11/h3-7H,2H2,1H3,(H,13,14). The van der Waals surface area contributed by atoms with Crippen molar-refractivity contribution in [3.63, 3.8) is 0 Å². The van der Waals surface area contributed by atoms with Crippen LogP contribution in [0.1, 0.15) is 6.92 Å². The molecule has 0 spiro atoms. The van der Waals surface area contributed by atoms with Gasteiger partial charge in [-0.2, -0.15) is 0 Å². The molecule has 1 aromatic carbocycles. The van der Waals surface area contributed by atoms with E-state index < -0.39 is 0 Å². The summed E-state index contributed by atoms with van der Waals surface area (Å²) in [6.45, 7) is 2.61. The van der Waals surface area contributed by atoms with Gasteiger partial charge in [-0.25, -0.2) is 4.98 Å². The van der Waals surface area contributed by atoms with Crippen LogP contribution in [0.4, 0.5) is 0 Å². The second-order valence-electron chi connectivity index (χ2n) is 3.01. The fourth-order valence-corrected chi connectivity index (χ4v) is 1.72. The van der Waals surface area contributed by atoms with Crippen LogP contribution in [0.3, 0.4) is 0 Å². The van der Waals surface area contributed by atoms with Crippen LogP contribution in [-0.4, -0.2) is 16.6 Å². The zero-order valence-corrected chi connectivity index (χ0v) is 9.91. The number of benzene rings is 1. The summed E-state index contributed by atoms with van der Waals surface area (Å²) in [5.74, 6) is 1.66. The zero-order chi connectivity index (χ0) is 10.7. The van der Waals surface area contributed by atoms with Crippen molar-refractivity contribution in [2.75, 3.05) is 6.61 Å². The summed E-state index contributed by atoms with van der Waals surface area (Å²) in [7, 11) is 0. The lowest BCUT2D eigenvalue weighted by Crippen LogP contribution is -1.94. The van der Waals surface area contributed by atoms with Crippen LogP contribution >= 0.6 is 15.9 Å². The molecule has 0 aliphatic carbocycles. The van der Waals surface area contributed by atoms with Crippen molar-refractivity contribution in [1.82, 2.24) is 9.97 Å². The molecule has 2 aromatic rings. The van der Waals surface area contributed by atoms with Gasteiger partial charge in [0.2, 0.25) is 0 Å². The lowest BCUT2D eigenvalue weighted by Gasteiger charge is -2.08. The molecule has 0 unspecified atom stereocenters. The van der Waals surface area contributed by atoms with E-state index in [4.69, 9.17) is 4.74 Å². The Morgan fingerprint density at radius 3 is 3.00 bits per heavy atom. The molecular weight excluding hydrogens is 256 g/mol. The van der Waals surface area contributed by atoms with Crippen LogP contribution in [0.25, 0.3) is 11.4 Å². The molecule has 1 aromatic heterocycles. The number of imidazole rings is 1. The van der Waals surface area contributed by atoms with E-state index >= 15 is 0 Å². The molecule has 0 saturated heterocycles. The molecule has 15 heavy (non-hydrogen) atoms. The molecule has 1 heterocycles. The molecule has 4 heteroatoms. The number of H-pyrrole nitrogens is 1. The Morgan fingerprint density at radius 1 is 1.47 bits per heavy atom. The molecule has 0 aliphatic heterocycles. The molecule has 1 N–H and O–H groups in total. The van der Waals surface area contributed by atoms with Crippen molar-refractivity contribution in [2.24, 2.45) is 0 Å². The molecule has 2 rings (SSSR count). The van der Waals surface area contributed by atoms with Crippen LogP contribution < -0.4 is 4.74 Å². The van der Waals surface area contributed by atoms with Gasteiger partial charge in [0, 0.05) is 16.9 Å². The van der Waals surface area contributed by atoms with E-state index in [1.165, 1.54) is 0 Å². The molecule has 0 fully saturated rings. The summed E-state index contributed by atoms with van der Waals surface area (Å²) < 4.78 is 6.55. The maximum Gasteiger partial charge on any atom is 0.141 e. The normalized spacial score (nSPS) is 10.3. The zero-order valence-electron chi connectivity index (χ0n) is 8.33. The quantitative estimate of drug-likeness (QED) is 0.927. The second kappa shape index (κ2) is 4.49. The van der Waals surface area contributed by atoms with Gasteiger partial charge in [0.05, 0.1) is 12.2 Å². The fourth-order valence-electron chi connectivity index (χ4n) is 1.38. The third-order valence-corrected chi connectivity index (χ3v) is 2.49. The topological polar surface area (TPSA) is 37.9 Å². The van der Waals surface area contributed by atoms with Crippen molar-refractivity contribution in [3.8, 4) is 17.1 Å². The number of aromatic nitrogens is 2. The van der Waals surface area contributed by atoms with Gasteiger partial charge in [-0.05, 0) is 25.1 Å². The van der Waals surface area contributed by atoms with E-state index in [1.807, 2.05) is 25.1 Å². The van der Waals surface area contributed by atoms with E-state index in [2.05, 4.69) is 25.9 Å². The van der Waals surface area contributed by atoms with E-state index in [0.717, 1.165) is 21.6 Å². The predicted octanol–water partition coefficient (Wildman–Crippen LogP) is 3.24. The van der Waals surface area contributed by atoms with Gasteiger partial charge in [-0.1, -0.05) is 15.9 Å². The van der Waals surface area contributed by atoms with Crippen LogP contribution in [0.15, 0.2) is 35.1 Å². The third-order valence-electron chi connectivity index (χ3n) is 2.00. The van der Waals surface area contributed by atoms with Gasteiger partial charge >= 0.3 is 0 Å². The first kappa shape index (κ1) is 10.2. The third kappa shape index (κ3) is 2.21. The lowest BCUT2D eigenvalue weighted by molar-refractivity contribution is 0.341. The number of halogens is 1. The molecule has 78 valence electrons. The minimum atomic E-state index is 0.643. The van der Waals surface area contributed by atoms with Gasteiger partial charge in [-0.3, -0.25) is 0 Å². The average Bonchev–Trinajstić information content (AvgIpc) is 2.71. The minimum Gasteiger partial charge on any atom is -0.493 e. The number of aromatic amines is 1. The first-order chi connectivity index (χ1) is 7.31. The Morgan fingerprint density at radius 2 is 2.33 bits per heavy atom. The van der Waals surface area contributed by atoms with Gasteiger partial charge in [0.15, 0.2) is 0 Å². The van der Waals surface area contributed by atoms with Crippen LogP contribution in [0.2, 0.25) is 0 Å². The molecule has 0 atom stereocenters. The van der Waals surface area contributed by atoms with E-state index in [1.54, 1.807) is 12.4 Å². The van der Waals surface area contributed by atoms with Crippen molar-refractivity contribution >= 4 is 15.9 Å². The van der Waals surface area contributed by atoms with Crippen LogP contribution in [0.5, 0.6) is 5.75 Å². The van der Waals surface area contributed by atoms with Crippen molar-refractivity contribution in [1.29, 1.82) is 0 Å². The molecule has 0 bridgehead atoms. The Bertz CT molecular complexity index is 440. The fraction of sp³-hybridized carbons (Fsp3) is 0.182. The predicted molar refractivity (Wildman–Crippen MR) is 62.9 cm³/mol. The first-order valence-electron chi connectivity index (χ1n) is 4.73. The summed E-state index contributed by atoms with van der Waals surface area (Å²) in [6.07, 6.45) is 3.53. The molecule has 0 saturated carbocycles.